The molecule has 0 amide bonds. The number of Topliss-reactive ketones (excluding diaryl/α,β-unsaturated/α-hetero) is 1. The zero-order chi connectivity index (χ0) is 12.7. The Balaban J connectivity index is 2.60. The lowest BCUT2D eigenvalue weighted by Crippen LogP contribution is -2.16. The Morgan fingerprint density at radius 3 is 2.88 bits per heavy atom. The van der Waals surface area contributed by atoms with Crippen molar-refractivity contribution in [2.75, 3.05) is 26.9 Å². The van der Waals surface area contributed by atoms with Crippen LogP contribution in [0.4, 0.5) is 0 Å². The number of methoxy groups -OCH3 is 1. The molecule has 1 aromatic carbocycles. The molecule has 0 spiro atoms. The molecule has 94 valence electrons. The summed E-state index contributed by atoms with van der Waals surface area (Å²) in [5.41, 5.74) is 6.12. The fourth-order valence-corrected chi connectivity index (χ4v) is 1.83. The van der Waals surface area contributed by atoms with Crippen LogP contribution in [0, 0.1) is 0 Å². The van der Waals surface area contributed by atoms with E-state index in [1.165, 1.54) is 0 Å². The van der Waals surface area contributed by atoms with Gasteiger partial charge in [0.1, 0.15) is 12.4 Å². The van der Waals surface area contributed by atoms with Crippen molar-refractivity contribution in [3.8, 4) is 5.75 Å². The van der Waals surface area contributed by atoms with Gasteiger partial charge >= 0.3 is 0 Å². The monoisotopic (exact) mass is 301 g/mol. The Morgan fingerprint density at radius 2 is 2.24 bits per heavy atom. The van der Waals surface area contributed by atoms with Gasteiger partial charge in [-0.2, -0.15) is 0 Å². The van der Waals surface area contributed by atoms with Crippen molar-refractivity contribution in [1.29, 1.82) is 0 Å². The third-order valence-corrected chi connectivity index (χ3v) is 2.65. The standard InChI is InChI=1S/C12H16BrNO3/c1-16-12-3-2-10(13)6-9(12)7-11(15)8-17-5-4-14/h2-3,6H,4-5,7-8,14H2,1H3. The van der Waals surface area contributed by atoms with E-state index in [-0.39, 0.29) is 12.4 Å². The zero-order valence-corrected chi connectivity index (χ0v) is 11.3. The van der Waals surface area contributed by atoms with Crippen LogP contribution in [0.2, 0.25) is 0 Å². The lowest BCUT2D eigenvalue weighted by molar-refractivity contribution is -0.122. The number of benzene rings is 1. The van der Waals surface area contributed by atoms with Gasteiger partial charge in [-0.05, 0) is 18.2 Å². The summed E-state index contributed by atoms with van der Waals surface area (Å²) in [4.78, 5) is 11.6. The Kier molecular flexibility index (Phi) is 6.18. The minimum atomic E-state index is 0.00912. The molecule has 1 aromatic rings. The molecule has 2 N–H and O–H groups in total. The SMILES string of the molecule is COc1ccc(Br)cc1CC(=O)COCCN. The summed E-state index contributed by atoms with van der Waals surface area (Å²) in [6.07, 6.45) is 0.299. The molecule has 0 saturated heterocycles. The number of rotatable bonds is 7. The summed E-state index contributed by atoms with van der Waals surface area (Å²) >= 11 is 3.36. The molecular weight excluding hydrogens is 286 g/mol. The Bertz CT molecular complexity index is 382. The van der Waals surface area contributed by atoms with Crippen molar-refractivity contribution in [2.24, 2.45) is 5.73 Å². The fraction of sp³-hybridized carbons (Fsp3) is 0.417. The Morgan fingerprint density at radius 1 is 1.47 bits per heavy atom. The zero-order valence-electron chi connectivity index (χ0n) is 9.74. The highest BCUT2D eigenvalue weighted by molar-refractivity contribution is 9.10. The van der Waals surface area contributed by atoms with Gasteiger partial charge in [-0.1, -0.05) is 15.9 Å². The molecule has 0 bridgehead atoms. The molecule has 0 radical (unpaired) electrons. The van der Waals surface area contributed by atoms with E-state index in [1.54, 1.807) is 7.11 Å². The third kappa shape index (κ3) is 4.85. The molecule has 0 aliphatic carbocycles. The molecule has 0 atom stereocenters. The van der Waals surface area contributed by atoms with Crippen LogP contribution in [0.25, 0.3) is 0 Å². The van der Waals surface area contributed by atoms with Crippen LogP contribution in [0.3, 0.4) is 0 Å². The largest absolute Gasteiger partial charge is 0.496 e. The van der Waals surface area contributed by atoms with E-state index in [0.29, 0.717) is 25.3 Å². The van der Waals surface area contributed by atoms with E-state index < -0.39 is 0 Å². The van der Waals surface area contributed by atoms with Gasteiger partial charge in [0.2, 0.25) is 0 Å². The van der Waals surface area contributed by atoms with Gasteiger partial charge in [-0.3, -0.25) is 4.79 Å². The highest BCUT2D eigenvalue weighted by Gasteiger charge is 2.09. The second-order valence-corrected chi connectivity index (χ2v) is 4.43. The van der Waals surface area contributed by atoms with Crippen molar-refractivity contribution < 1.29 is 14.3 Å². The molecule has 5 heteroatoms. The number of nitrogens with two attached hydrogens (primary N) is 1. The predicted octanol–water partition coefficient (Wildman–Crippen LogP) is 1.54. The molecule has 0 aliphatic heterocycles. The number of hydrogen-bond donors (Lipinski definition) is 1. The highest BCUT2D eigenvalue weighted by Crippen LogP contribution is 2.23. The van der Waals surface area contributed by atoms with E-state index in [1.807, 2.05) is 18.2 Å². The Hall–Kier alpha value is -0.910. The van der Waals surface area contributed by atoms with Gasteiger partial charge in [0.05, 0.1) is 13.7 Å². The number of ether oxygens (including phenoxy) is 2. The van der Waals surface area contributed by atoms with E-state index >= 15 is 0 Å². The van der Waals surface area contributed by atoms with Crippen molar-refractivity contribution in [3.63, 3.8) is 0 Å². The molecule has 17 heavy (non-hydrogen) atoms. The summed E-state index contributed by atoms with van der Waals surface area (Å²) in [7, 11) is 1.59. The first-order valence-corrected chi connectivity index (χ1v) is 6.08. The van der Waals surface area contributed by atoms with E-state index in [4.69, 9.17) is 15.2 Å². The van der Waals surface area contributed by atoms with Crippen LogP contribution in [0.5, 0.6) is 5.75 Å². The maximum atomic E-state index is 11.6. The minimum Gasteiger partial charge on any atom is -0.496 e. The first-order chi connectivity index (χ1) is 8.17. The molecule has 0 aromatic heterocycles. The lowest BCUT2D eigenvalue weighted by atomic mass is 10.1. The molecule has 0 saturated carbocycles. The van der Waals surface area contributed by atoms with Gasteiger partial charge in [-0.25, -0.2) is 0 Å². The summed E-state index contributed by atoms with van der Waals surface area (Å²) in [6, 6.07) is 5.57. The maximum absolute atomic E-state index is 11.6. The smallest absolute Gasteiger partial charge is 0.162 e. The average molecular weight is 302 g/mol. The number of halogens is 1. The molecule has 1 rings (SSSR count). The second kappa shape index (κ2) is 7.42. The number of carbonyl (C=O) groups excluding carboxylic acids is 1. The summed E-state index contributed by atoms with van der Waals surface area (Å²) in [6.45, 7) is 0.918. The summed E-state index contributed by atoms with van der Waals surface area (Å²) in [5, 5.41) is 0. The normalized spacial score (nSPS) is 10.3. The molecule has 0 aliphatic rings. The first kappa shape index (κ1) is 14.2. The maximum Gasteiger partial charge on any atom is 0.162 e. The lowest BCUT2D eigenvalue weighted by Gasteiger charge is -2.08. The van der Waals surface area contributed by atoms with Crippen LogP contribution in [-0.4, -0.2) is 32.7 Å². The first-order valence-electron chi connectivity index (χ1n) is 5.29. The third-order valence-electron chi connectivity index (χ3n) is 2.16. The fourth-order valence-electron chi connectivity index (χ4n) is 1.42. The van der Waals surface area contributed by atoms with Crippen LogP contribution < -0.4 is 10.5 Å². The topological polar surface area (TPSA) is 61.5 Å². The quantitative estimate of drug-likeness (QED) is 0.776. The van der Waals surface area contributed by atoms with Gasteiger partial charge in [0.15, 0.2) is 5.78 Å². The van der Waals surface area contributed by atoms with E-state index in [2.05, 4.69) is 15.9 Å². The van der Waals surface area contributed by atoms with Crippen LogP contribution in [0.15, 0.2) is 22.7 Å². The van der Waals surface area contributed by atoms with Gasteiger partial charge < -0.3 is 15.2 Å². The van der Waals surface area contributed by atoms with Crippen LogP contribution >= 0.6 is 15.9 Å². The van der Waals surface area contributed by atoms with Crippen molar-refractivity contribution in [2.45, 2.75) is 6.42 Å². The van der Waals surface area contributed by atoms with Gasteiger partial charge in [0.25, 0.3) is 0 Å². The minimum absolute atomic E-state index is 0.00912. The number of ketones is 1. The molecular formula is C12H16BrNO3. The molecule has 0 unspecified atom stereocenters. The highest BCUT2D eigenvalue weighted by atomic mass is 79.9. The van der Waals surface area contributed by atoms with Gasteiger partial charge in [0, 0.05) is 23.0 Å². The van der Waals surface area contributed by atoms with Gasteiger partial charge in [-0.15, -0.1) is 0 Å². The molecule has 4 nitrogen and oxygen atoms in total. The van der Waals surface area contributed by atoms with Crippen molar-refractivity contribution >= 4 is 21.7 Å². The van der Waals surface area contributed by atoms with Crippen LogP contribution in [0.1, 0.15) is 5.56 Å². The van der Waals surface area contributed by atoms with E-state index in [9.17, 15) is 4.79 Å². The molecule has 0 heterocycles. The average Bonchev–Trinajstić information content (AvgIpc) is 2.29. The number of carbonyl (C=O) groups is 1. The van der Waals surface area contributed by atoms with E-state index in [0.717, 1.165) is 10.0 Å². The van der Waals surface area contributed by atoms with Crippen molar-refractivity contribution in [3.05, 3.63) is 28.2 Å². The summed E-state index contributed by atoms with van der Waals surface area (Å²) < 4.78 is 11.2. The van der Waals surface area contributed by atoms with Crippen molar-refractivity contribution in [1.82, 2.24) is 0 Å². The second-order valence-electron chi connectivity index (χ2n) is 3.51. The predicted molar refractivity (Wildman–Crippen MR) is 69.3 cm³/mol. The molecule has 0 fully saturated rings. The number of hydrogen-bond acceptors (Lipinski definition) is 4. The van der Waals surface area contributed by atoms with Crippen LogP contribution in [-0.2, 0) is 16.0 Å². The Labute approximate surface area is 109 Å². The summed E-state index contributed by atoms with van der Waals surface area (Å²) in [5.74, 6) is 0.718.